The fourth-order valence-electron chi connectivity index (χ4n) is 3.78. The molecule has 2 atom stereocenters. The molecule has 2 aliphatic rings. The van der Waals surface area contributed by atoms with Gasteiger partial charge in [-0.2, -0.15) is 0 Å². The zero-order chi connectivity index (χ0) is 17.2. The third-order valence-electron chi connectivity index (χ3n) is 5.12. The van der Waals surface area contributed by atoms with Gasteiger partial charge in [0.25, 0.3) is 0 Å². The second-order valence-electron chi connectivity index (χ2n) is 7.19. The fraction of sp³-hybridized carbons (Fsp3) is 0.875. The molecule has 6 nitrogen and oxygen atoms in total. The normalized spacial score (nSPS) is 24.8. The minimum atomic E-state index is -3.51. The molecule has 0 aromatic rings. The smallest absolute Gasteiger partial charge is 0.241 e. The van der Waals surface area contributed by atoms with Crippen molar-refractivity contribution in [3.8, 4) is 0 Å². The van der Waals surface area contributed by atoms with Crippen molar-refractivity contribution in [2.75, 3.05) is 13.1 Å². The Bertz CT molecular complexity index is 552. The largest absolute Gasteiger partial charge is 0.369 e. The van der Waals surface area contributed by atoms with Crippen LogP contribution in [0.2, 0.25) is 0 Å². The van der Waals surface area contributed by atoms with Crippen molar-refractivity contribution in [1.82, 2.24) is 4.90 Å². The predicted octanol–water partition coefficient (Wildman–Crippen LogP) is 1.09. The van der Waals surface area contributed by atoms with Crippen molar-refractivity contribution in [2.45, 2.75) is 62.9 Å². The number of sulfone groups is 1. The molecule has 1 heterocycles. The van der Waals surface area contributed by atoms with Crippen LogP contribution in [-0.4, -0.2) is 48.7 Å². The summed E-state index contributed by atoms with van der Waals surface area (Å²) in [5.74, 6) is -1.41. The Morgan fingerprint density at radius 3 is 2.17 bits per heavy atom. The minimum Gasteiger partial charge on any atom is -0.369 e. The van der Waals surface area contributed by atoms with Crippen molar-refractivity contribution < 1.29 is 18.0 Å². The van der Waals surface area contributed by atoms with Gasteiger partial charge in [0.1, 0.15) is 5.25 Å². The van der Waals surface area contributed by atoms with Crippen LogP contribution in [0, 0.1) is 11.8 Å². The molecule has 132 valence electrons. The zero-order valence-corrected chi connectivity index (χ0v) is 14.8. The molecule has 1 saturated carbocycles. The Kier molecular flexibility index (Phi) is 5.70. The highest BCUT2D eigenvalue weighted by Crippen LogP contribution is 2.30. The lowest BCUT2D eigenvalue weighted by molar-refractivity contribution is -0.130. The standard InChI is InChI=1S/C16H28N2O4S/c1-11(2)14(23(21,22)13-6-4-3-5-7-13)16(20)18-9-8-12(10-18)15(17)19/h11-14H,3-10H2,1-2H3,(H2,17,19)/t12-,14+/m1/s1. The molecule has 1 aliphatic heterocycles. The van der Waals surface area contributed by atoms with Gasteiger partial charge in [-0.05, 0) is 25.2 Å². The van der Waals surface area contributed by atoms with Gasteiger partial charge in [0.15, 0.2) is 9.84 Å². The summed E-state index contributed by atoms with van der Waals surface area (Å²) >= 11 is 0. The molecule has 2 rings (SSSR count). The maximum absolute atomic E-state index is 13.0. The number of likely N-dealkylation sites (tertiary alicyclic amines) is 1. The Morgan fingerprint density at radius 2 is 1.70 bits per heavy atom. The first kappa shape index (κ1) is 18.2. The van der Waals surface area contributed by atoms with Crippen molar-refractivity contribution in [1.29, 1.82) is 0 Å². The van der Waals surface area contributed by atoms with Crippen LogP contribution in [0.15, 0.2) is 0 Å². The molecule has 7 heteroatoms. The number of carbonyl (C=O) groups is 2. The van der Waals surface area contributed by atoms with Gasteiger partial charge in [-0.1, -0.05) is 33.1 Å². The Morgan fingerprint density at radius 1 is 1.09 bits per heavy atom. The second kappa shape index (κ2) is 7.20. The highest BCUT2D eigenvalue weighted by molar-refractivity contribution is 7.93. The summed E-state index contributed by atoms with van der Waals surface area (Å²) in [6, 6.07) is 0. The summed E-state index contributed by atoms with van der Waals surface area (Å²) in [5.41, 5.74) is 5.30. The molecule has 0 spiro atoms. The number of carbonyl (C=O) groups excluding carboxylic acids is 2. The lowest BCUT2D eigenvalue weighted by Gasteiger charge is -2.31. The van der Waals surface area contributed by atoms with Crippen LogP contribution >= 0.6 is 0 Å². The van der Waals surface area contributed by atoms with Crippen molar-refractivity contribution in [3.63, 3.8) is 0 Å². The minimum absolute atomic E-state index is 0.248. The van der Waals surface area contributed by atoms with E-state index in [1.165, 1.54) is 4.90 Å². The van der Waals surface area contributed by atoms with Crippen LogP contribution in [0.4, 0.5) is 0 Å². The van der Waals surface area contributed by atoms with E-state index in [-0.39, 0.29) is 24.3 Å². The number of amides is 2. The van der Waals surface area contributed by atoms with Crippen LogP contribution in [0.25, 0.3) is 0 Å². The average molecular weight is 344 g/mol. The quantitative estimate of drug-likeness (QED) is 0.807. The number of rotatable bonds is 5. The summed E-state index contributed by atoms with van der Waals surface area (Å²) < 4.78 is 26.0. The zero-order valence-electron chi connectivity index (χ0n) is 14.0. The molecule has 0 aromatic heterocycles. The summed E-state index contributed by atoms with van der Waals surface area (Å²) in [6.45, 7) is 4.22. The van der Waals surface area contributed by atoms with Crippen LogP contribution in [0.1, 0.15) is 52.4 Å². The molecule has 0 aromatic carbocycles. The van der Waals surface area contributed by atoms with Gasteiger partial charge in [0.05, 0.1) is 11.2 Å². The van der Waals surface area contributed by atoms with Gasteiger partial charge in [-0.15, -0.1) is 0 Å². The summed E-state index contributed by atoms with van der Waals surface area (Å²) in [6.07, 6.45) is 4.73. The third kappa shape index (κ3) is 3.87. The van der Waals surface area contributed by atoms with E-state index in [1.807, 2.05) is 0 Å². The first-order chi connectivity index (χ1) is 10.7. The van der Waals surface area contributed by atoms with Crippen molar-refractivity contribution >= 4 is 21.7 Å². The lowest BCUT2D eigenvalue weighted by atomic mass is 10.0. The van der Waals surface area contributed by atoms with E-state index in [0.29, 0.717) is 25.8 Å². The molecule has 0 radical (unpaired) electrons. The summed E-state index contributed by atoms with van der Waals surface area (Å²) in [4.78, 5) is 25.6. The number of primary amides is 1. The van der Waals surface area contributed by atoms with E-state index in [1.54, 1.807) is 13.8 Å². The molecule has 1 aliphatic carbocycles. The first-order valence-corrected chi connectivity index (χ1v) is 10.2. The fourth-order valence-corrected chi connectivity index (χ4v) is 6.37. The van der Waals surface area contributed by atoms with Gasteiger partial charge in [-0.3, -0.25) is 9.59 Å². The van der Waals surface area contributed by atoms with Crippen LogP contribution < -0.4 is 5.73 Å². The molecular weight excluding hydrogens is 316 g/mol. The summed E-state index contributed by atoms with van der Waals surface area (Å²) in [7, 11) is -3.51. The third-order valence-corrected chi connectivity index (χ3v) is 7.98. The SMILES string of the molecule is CC(C)[C@@H](C(=O)N1CC[C@@H](C(N)=O)C1)S(=O)(=O)C1CCCCC1. The van der Waals surface area contributed by atoms with Crippen LogP contribution in [0.3, 0.4) is 0 Å². The number of hydrogen-bond donors (Lipinski definition) is 1. The first-order valence-electron chi connectivity index (χ1n) is 8.56. The molecule has 0 unspecified atom stereocenters. The maximum Gasteiger partial charge on any atom is 0.241 e. The van der Waals surface area contributed by atoms with Crippen LogP contribution in [0.5, 0.6) is 0 Å². The number of nitrogens with two attached hydrogens (primary N) is 1. The van der Waals surface area contributed by atoms with Gasteiger partial charge in [0.2, 0.25) is 11.8 Å². The maximum atomic E-state index is 13.0. The van der Waals surface area contributed by atoms with E-state index < -0.39 is 26.2 Å². The van der Waals surface area contributed by atoms with Gasteiger partial charge in [-0.25, -0.2) is 8.42 Å². The Labute approximate surface area is 138 Å². The van der Waals surface area contributed by atoms with E-state index in [9.17, 15) is 18.0 Å². The Hall–Kier alpha value is -1.11. The molecule has 2 fully saturated rings. The van der Waals surface area contributed by atoms with Gasteiger partial charge < -0.3 is 10.6 Å². The van der Waals surface area contributed by atoms with Crippen molar-refractivity contribution in [3.05, 3.63) is 0 Å². The van der Waals surface area contributed by atoms with E-state index >= 15 is 0 Å². The van der Waals surface area contributed by atoms with Gasteiger partial charge >= 0.3 is 0 Å². The van der Waals surface area contributed by atoms with Crippen LogP contribution in [-0.2, 0) is 19.4 Å². The highest BCUT2D eigenvalue weighted by atomic mass is 32.2. The molecule has 1 saturated heterocycles. The van der Waals surface area contributed by atoms with E-state index in [2.05, 4.69) is 0 Å². The number of hydrogen-bond acceptors (Lipinski definition) is 4. The molecule has 0 bridgehead atoms. The topological polar surface area (TPSA) is 97.5 Å². The molecule has 23 heavy (non-hydrogen) atoms. The summed E-state index contributed by atoms with van der Waals surface area (Å²) in [5, 5.41) is -1.40. The second-order valence-corrected chi connectivity index (χ2v) is 9.54. The van der Waals surface area contributed by atoms with Crippen molar-refractivity contribution in [2.24, 2.45) is 17.6 Å². The van der Waals surface area contributed by atoms with E-state index in [4.69, 9.17) is 5.73 Å². The molecular formula is C16H28N2O4S. The average Bonchev–Trinajstić information content (AvgIpc) is 2.97. The number of nitrogens with zero attached hydrogens (tertiary/aromatic N) is 1. The Balaban J connectivity index is 2.17. The van der Waals surface area contributed by atoms with E-state index in [0.717, 1.165) is 19.3 Å². The predicted molar refractivity (Wildman–Crippen MR) is 88.3 cm³/mol. The van der Waals surface area contributed by atoms with Gasteiger partial charge in [0, 0.05) is 13.1 Å². The molecule has 2 amide bonds. The highest BCUT2D eigenvalue weighted by Gasteiger charge is 2.44. The monoisotopic (exact) mass is 344 g/mol. The lowest BCUT2D eigenvalue weighted by Crippen LogP contribution is -2.48. The molecule has 2 N–H and O–H groups in total.